The van der Waals surface area contributed by atoms with Crippen LogP contribution in [0.5, 0.6) is 5.75 Å². The normalized spacial score (nSPS) is 11.8. The van der Waals surface area contributed by atoms with Gasteiger partial charge in [0.2, 0.25) is 0 Å². The van der Waals surface area contributed by atoms with Gasteiger partial charge in [-0.25, -0.2) is 0 Å². The zero-order valence-electron chi connectivity index (χ0n) is 23.2. The molecule has 2 atom stereocenters. The van der Waals surface area contributed by atoms with Gasteiger partial charge in [-0.2, -0.15) is 35.4 Å². The van der Waals surface area contributed by atoms with Crippen molar-refractivity contribution >= 4 is 0 Å². The number of nitrogens with zero attached hydrogens (tertiary/aromatic N) is 2. The van der Waals surface area contributed by atoms with Gasteiger partial charge in [0.25, 0.3) is 0 Å². The Labute approximate surface area is 265 Å². The molecule has 217 valence electrons. The first-order valence-corrected chi connectivity index (χ1v) is 13.6. The van der Waals surface area contributed by atoms with Crippen molar-refractivity contribution in [3.8, 4) is 39.4 Å². The maximum Gasteiger partial charge on any atom is 0.115 e. The molecule has 4 aromatic carbocycles. The largest absolute Gasteiger partial charge is 0.508 e. The van der Waals surface area contributed by atoms with E-state index in [9.17, 15) is 10.2 Å². The molecule has 0 aliphatic rings. The summed E-state index contributed by atoms with van der Waals surface area (Å²) >= 11 is 0. The molecule has 0 spiro atoms. The van der Waals surface area contributed by atoms with Gasteiger partial charge in [0, 0.05) is 50.3 Å². The summed E-state index contributed by atoms with van der Waals surface area (Å²) in [5, 5.41) is 29.2. The van der Waals surface area contributed by atoms with Crippen molar-refractivity contribution in [3.63, 3.8) is 0 Å². The molecule has 1 radical (unpaired) electrons. The molecule has 6 heteroatoms. The molecule has 0 saturated carbocycles. The first-order chi connectivity index (χ1) is 20.6. The fourth-order valence-electron chi connectivity index (χ4n) is 4.45. The molecule has 0 bridgehead atoms. The number of phenolic OH excluding ortho intramolecular Hbond substituents is 1. The van der Waals surface area contributed by atoms with Gasteiger partial charge in [-0.1, -0.05) is 66.7 Å². The van der Waals surface area contributed by atoms with Crippen LogP contribution >= 0.6 is 0 Å². The van der Waals surface area contributed by atoms with E-state index in [1.54, 1.807) is 24.5 Å². The van der Waals surface area contributed by atoms with Crippen LogP contribution in [0.3, 0.4) is 0 Å². The third kappa shape index (κ3) is 8.77. The Morgan fingerprint density at radius 3 is 1.40 bits per heavy atom. The van der Waals surface area contributed by atoms with Gasteiger partial charge < -0.3 is 15.3 Å². The number of aliphatic hydroxyl groups is 2. The van der Waals surface area contributed by atoms with Gasteiger partial charge in [-0.3, -0.25) is 9.97 Å². The molecule has 6 aromatic rings. The topological polar surface area (TPSA) is 86.5 Å². The number of aliphatic hydroxyl groups excluding tert-OH is 2. The number of rotatable bonds is 7. The number of phenols is 1. The summed E-state index contributed by atoms with van der Waals surface area (Å²) in [4.78, 5) is 8.79. The van der Waals surface area contributed by atoms with E-state index in [4.69, 9.17) is 5.11 Å². The summed E-state index contributed by atoms with van der Waals surface area (Å²) in [7, 11) is 0. The number of hydrogen-bond acceptors (Lipinski definition) is 5. The monoisotopic (exact) mass is 743 g/mol. The first-order valence-electron chi connectivity index (χ1n) is 13.6. The third-order valence-corrected chi connectivity index (χ3v) is 6.67. The van der Waals surface area contributed by atoms with Gasteiger partial charge in [-0.05, 0) is 35.4 Å². The Morgan fingerprint density at radius 2 is 0.930 bits per heavy atom. The Balaban J connectivity index is 0.000000201. The predicted octanol–water partition coefficient (Wildman–Crippen LogP) is 7.62. The van der Waals surface area contributed by atoms with Crippen LogP contribution in [0, 0.1) is 12.1 Å². The Morgan fingerprint density at radius 1 is 0.488 bits per heavy atom. The predicted molar refractivity (Wildman–Crippen MR) is 165 cm³/mol. The number of benzene rings is 4. The van der Waals surface area contributed by atoms with E-state index in [-0.39, 0.29) is 32.3 Å². The molecular formula is C37H30IrN2O3-2. The fourth-order valence-corrected chi connectivity index (χ4v) is 4.45. The number of aromatic hydroxyl groups is 1. The summed E-state index contributed by atoms with van der Waals surface area (Å²) in [6.45, 7) is 0. The average Bonchev–Trinajstić information content (AvgIpc) is 3.07. The van der Waals surface area contributed by atoms with Gasteiger partial charge in [0.15, 0.2) is 0 Å². The quantitative estimate of drug-likeness (QED) is 0.147. The van der Waals surface area contributed by atoms with Crippen LogP contribution in [0.25, 0.3) is 33.6 Å². The Hall–Kier alpha value is -4.45. The van der Waals surface area contributed by atoms with E-state index in [1.807, 2.05) is 103 Å². The maximum absolute atomic E-state index is 10.0. The third-order valence-electron chi connectivity index (χ3n) is 6.67. The molecule has 0 aliphatic carbocycles. The summed E-state index contributed by atoms with van der Waals surface area (Å²) < 4.78 is 0. The molecule has 0 aliphatic heterocycles. The van der Waals surface area contributed by atoms with Crippen LogP contribution in [0.15, 0.2) is 140 Å². The van der Waals surface area contributed by atoms with Crippen LogP contribution in [-0.4, -0.2) is 25.3 Å². The zero-order chi connectivity index (χ0) is 29.1. The molecule has 0 amide bonds. The number of hydrogen-bond donors (Lipinski definition) is 3. The van der Waals surface area contributed by atoms with Crippen molar-refractivity contribution in [2.45, 2.75) is 18.6 Å². The van der Waals surface area contributed by atoms with E-state index in [0.717, 1.165) is 39.2 Å². The van der Waals surface area contributed by atoms with Crippen molar-refractivity contribution in [3.05, 3.63) is 163 Å². The molecule has 3 N–H and O–H groups in total. The van der Waals surface area contributed by atoms with E-state index < -0.39 is 12.2 Å². The average molecular weight is 743 g/mol. The Kier molecular flexibility index (Phi) is 11.5. The van der Waals surface area contributed by atoms with E-state index in [0.29, 0.717) is 5.56 Å². The van der Waals surface area contributed by atoms with Gasteiger partial charge >= 0.3 is 0 Å². The smallest absolute Gasteiger partial charge is 0.115 e. The van der Waals surface area contributed by atoms with E-state index in [1.165, 1.54) is 12.1 Å². The molecule has 6 rings (SSSR count). The van der Waals surface area contributed by atoms with Crippen LogP contribution in [0.2, 0.25) is 0 Å². The fraction of sp³-hybridized carbons (Fsp3) is 0.0811. The van der Waals surface area contributed by atoms with Crippen LogP contribution in [0.4, 0.5) is 0 Å². The van der Waals surface area contributed by atoms with Crippen molar-refractivity contribution in [2.24, 2.45) is 0 Å². The van der Waals surface area contributed by atoms with E-state index in [2.05, 4.69) is 22.1 Å². The summed E-state index contributed by atoms with van der Waals surface area (Å²) in [5.74, 6) is 0.162. The zero-order valence-corrected chi connectivity index (χ0v) is 25.6. The first kappa shape index (κ1) is 31.5. The van der Waals surface area contributed by atoms with Gasteiger partial charge in [0.1, 0.15) is 5.75 Å². The van der Waals surface area contributed by atoms with Crippen LogP contribution in [0.1, 0.15) is 29.8 Å². The minimum absolute atomic E-state index is 0. The number of pyridine rings is 2. The molecular weight excluding hydrogens is 713 g/mol. The molecule has 2 aromatic heterocycles. The van der Waals surface area contributed by atoms with Crippen LogP contribution in [-0.2, 0) is 20.1 Å². The molecule has 0 saturated heterocycles. The second-order valence-corrected chi connectivity index (χ2v) is 9.66. The van der Waals surface area contributed by atoms with Crippen molar-refractivity contribution < 1.29 is 35.4 Å². The van der Waals surface area contributed by atoms with Crippen molar-refractivity contribution in [1.29, 1.82) is 0 Å². The Bertz CT molecular complexity index is 1600. The SMILES string of the molecule is Oc1ccc(C(O)CC(O)c2ccccc2)cc1.[Ir].[c-]1c(-c2[c-]c(-c3ccccn3)ccc2)cccc1-c1ccccn1. The standard InChI is InChI=1S/C22H14N2.C15H16O3.Ir/c1-3-13-23-21(11-1)19-9-5-7-17(15-19)18-8-6-10-20(16-18)22-12-2-4-14-24-22;16-13-8-6-12(7-9-13)15(18)10-14(17)11-4-2-1-3-5-11;/h1-14H;1-9,14-18H,10H2;/q-2;;. The summed E-state index contributed by atoms with van der Waals surface area (Å²) in [6.07, 6.45) is 2.37. The van der Waals surface area contributed by atoms with E-state index >= 15 is 0 Å². The van der Waals surface area contributed by atoms with Gasteiger partial charge in [0.05, 0.1) is 12.2 Å². The van der Waals surface area contributed by atoms with Crippen molar-refractivity contribution in [1.82, 2.24) is 9.97 Å². The maximum atomic E-state index is 10.0. The second-order valence-electron chi connectivity index (χ2n) is 9.66. The molecule has 43 heavy (non-hydrogen) atoms. The summed E-state index contributed by atoms with van der Waals surface area (Å²) in [5.41, 5.74) is 7.25. The molecule has 0 fully saturated rings. The number of aromatic nitrogens is 2. The summed E-state index contributed by atoms with van der Waals surface area (Å²) in [6, 6.07) is 46.4. The minimum Gasteiger partial charge on any atom is -0.508 e. The minimum atomic E-state index is -0.749. The van der Waals surface area contributed by atoms with Crippen LogP contribution < -0.4 is 0 Å². The molecule has 2 heterocycles. The molecule has 5 nitrogen and oxygen atoms in total. The second kappa shape index (κ2) is 15.7. The molecule has 2 unspecified atom stereocenters. The van der Waals surface area contributed by atoms with Crippen molar-refractivity contribution in [2.75, 3.05) is 0 Å². The van der Waals surface area contributed by atoms with Gasteiger partial charge in [-0.15, -0.1) is 35.4 Å².